The van der Waals surface area contributed by atoms with Crippen molar-refractivity contribution in [1.29, 1.82) is 0 Å². The number of aliphatic hydroxyl groups is 1. The standard InChI is InChI=1S/C18H29N3O3/c1-18(2,3)14-10-19-15(24-14)11-21-8-6-12(7-9-21)16(22)17(23)20-13-4-5-13/h10,12-13,16,22H,4-9,11H2,1-3H3,(H,20,23)/t16-/m1/s1. The number of rotatable bonds is 5. The highest BCUT2D eigenvalue weighted by Crippen LogP contribution is 2.26. The van der Waals surface area contributed by atoms with Crippen LogP contribution in [0.3, 0.4) is 0 Å². The van der Waals surface area contributed by atoms with Gasteiger partial charge in [-0.15, -0.1) is 0 Å². The molecule has 1 saturated carbocycles. The minimum Gasteiger partial charge on any atom is -0.444 e. The molecule has 1 amide bonds. The van der Waals surface area contributed by atoms with Crippen molar-refractivity contribution >= 4 is 5.91 Å². The highest BCUT2D eigenvalue weighted by atomic mass is 16.4. The van der Waals surface area contributed by atoms with Gasteiger partial charge in [0.1, 0.15) is 11.9 Å². The largest absolute Gasteiger partial charge is 0.444 e. The van der Waals surface area contributed by atoms with Crippen molar-refractivity contribution in [3.8, 4) is 0 Å². The van der Waals surface area contributed by atoms with Gasteiger partial charge in [0.25, 0.3) is 0 Å². The maximum atomic E-state index is 12.0. The second-order valence-corrected chi connectivity index (χ2v) is 8.21. The second kappa shape index (κ2) is 6.84. The topological polar surface area (TPSA) is 78.6 Å². The number of amides is 1. The summed E-state index contributed by atoms with van der Waals surface area (Å²) >= 11 is 0. The molecule has 1 aromatic heterocycles. The third kappa shape index (κ3) is 4.36. The maximum Gasteiger partial charge on any atom is 0.249 e. The summed E-state index contributed by atoms with van der Waals surface area (Å²) in [4.78, 5) is 18.6. The Morgan fingerprint density at radius 1 is 1.38 bits per heavy atom. The van der Waals surface area contributed by atoms with Crippen molar-refractivity contribution in [2.24, 2.45) is 5.92 Å². The Balaban J connectivity index is 1.46. The van der Waals surface area contributed by atoms with Gasteiger partial charge >= 0.3 is 0 Å². The van der Waals surface area contributed by atoms with Crippen LogP contribution in [0.1, 0.15) is 58.1 Å². The lowest BCUT2D eigenvalue weighted by atomic mass is 9.90. The lowest BCUT2D eigenvalue weighted by Crippen LogP contribution is -2.44. The molecule has 0 spiro atoms. The molecule has 24 heavy (non-hydrogen) atoms. The number of nitrogens with zero attached hydrogens (tertiary/aromatic N) is 2. The zero-order valence-corrected chi connectivity index (χ0v) is 14.9. The molecule has 2 aliphatic rings. The van der Waals surface area contributed by atoms with Crippen molar-refractivity contribution in [3.63, 3.8) is 0 Å². The fourth-order valence-corrected chi connectivity index (χ4v) is 3.08. The molecule has 2 fully saturated rings. The first kappa shape index (κ1) is 17.4. The third-order valence-corrected chi connectivity index (χ3v) is 4.92. The van der Waals surface area contributed by atoms with Crippen LogP contribution in [0, 0.1) is 5.92 Å². The summed E-state index contributed by atoms with van der Waals surface area (Å²) < 4.78 is 5.85. The summed E-state index contributed by atoms with van der Waals surface area (Å²) in [5.74, 6) is 1.50. The van der Waals surface area contributed by atoms with E-state index in [4.69, 9.17) is 4.42 Å². The van der Waals surface area contributed by atoms with E-state index in [2.05, 4.69) is 36.0 Å². The molecule has 1 aliphatic heterocycles. The monoisotopic (exact) mass is 335 g/mol. The number of carbonyl (C=O) groups is 1. The predicted octanol–water partition coefficient (Wildman–Crippen LogP) is 1.82. The number of hydrogen-bond donors (Lipinski definition) is 2. The molecule has 1 aliphatic carbocycles. The van der Waals surface area contributed by atoms with Crippen LogP contribution in [0.2, 0.25) is 0 Å². The Morgan fingerprint density at radius 3 is 2.58 bits per heavy atom. The van der Waals surface area contributed by atoms with E-state index in [1.54, 1.807) is 0 Å². The van der Waals surface area contributed by atoms with E-state index in [0.29, 0.717) is 12.6 Å². The average molecular weight is 335 g/mol. The van der Waals surface area contributed by atoms with Crippen LogP contribution in [0.25, 0.3) is 0 Å². The summed E-state index contributed by atoms with van der Waals surface area (Å²) in [6.07, 6.45) is 4.68. The van der Waals surface area contributed by atoms with Gasteiger partial charge in [-0.3, -0.25) is 9.69 Å². The van der Waals surface area contributed by atoms with Gasteiger partial charge in [-0.1, -0.05) is 20.8 Å². The van der Waals surface area contributed by atoms with E-state index in [1.807, 2.05) is 6.20 Å². The van der Waals surface area contributed by atoms with Gasteiger partial charge in [-0.2, -0.15) is 0 Å². The summed E-state index contributed by atoms with van der Waals surface area (Å²) in [6.45, 7) is 8.72. The van der Waals surface area contributed by atoms with Gasteiger partial charge < -0.3 is 14.8 Å². The first-order valence-corrected chi connectivity index (χ1v) is 8.99. The van der Waals surface area contributed by atoms with E-state index >= 15 is 0 Å². The summed E-state index contributed by atoms with van der Waals surface area (Å²) in [5.41, 5.74) is -0.0305. The Bertz CT molecular complexity index is 566. The zero-order valence-electron chi connectivity index (χ0n) is 14.9. The number of nitrogens with one attached hydrogen (secondary N) is 1. The van der Waals surface area contributed by atoms with Crippen molar-refractivity contribution in [2.75, 3.05) is 13.1 Å². The van der Waals surface area contributed by atoms with Gasteiger partial charge in [-0.25, -0.2) is 4.98 Å². The van der Waals surface area contributed by atoms with E-state index < -0.39 is 6.10 Å². The third-order valence-electron chi connectivity index (χ3n) is 4.92. The van der Waals surface area contributed by atoms with Crippen LogP contribution in [0.15, 0.2) is 10.6 Å². The number of likely N-dealkylation sites (tertiary alicyclic amines) is 1. The smallest absolute Gasteiger partial charge is 0.249 e. The molecule has 3 rings (SSSR count). The first-order chi connectivity index (χ1) is 11.3. The molecule has 2 heterocycles. The van der Waals surface area contributed by atoms with Crippen molar-refractivity contribution < 1.29 is 14.3 Å². The molecule has 1 atom stereocenters. The van der Waals surface area contributed by atoms with E-state index in [1.165, 1.54) is 0 Å². The van der Waals surface area contributed by atoms with E-state index in [-0.39, 0.29) is 17.2 Å². The molecular formula is C18H29N3O3. The minimum atomic E-state index is -0.873. The Labute approximate surface area is 143 Å². The quantitative estimate of drug-likeness (QED) is 0.858. The number of oxazole rings is 1. The normalized spacial score (nSPS) is 21.7. The maximum absolute atomic E-state index is 12.0. The van der Waals surface area contributed by atoms with Crippen molar-refractivity contribution in [1.82, 2.24) is 15.2 Å². The summed E-state index contributed by atoms with van der Waals surface area (Å²) in [7, 11) is 0. The molecule has 0 bridgehead atoms. The van der Waals surface area contributed by atoms with Crippen LogP contribution in [-0.2, 0) is 16.8 Å². The molecule has 6 nitrogen and oxygen atoms in total. The fraction of sp³-hybridized carbons (Fsp3) is 0.778. The second-order valence-electron chi connectivity index (χ2n) is 8.21. The lowest BCUT2D eigenvalue weighted by molar-refractivity contribution is -0.133. The zero-order chi connectivity index (χ0) is 17.3. The van der Waals surface area contributed by atoms with Crippen LogP contribution in [0.4, 0.5) is 0 Å². The van der Waals surface area contributed by atoms with Gasteiger partial charge in [0.15, 0.2) is 0 Å². The van der Waals surface area contributed by atoms with Gasteiger partial charge in [0.2, 0.25) is 11.8 Å². The Morgan fingerprint density at radius 2 is 2.04 bits per heavy atom. The van der Waals surface area contributed by atoms with E-state index in [9.17, 15) is 9.90 Å². The number of aliphatic hydroxyl groups excluding tert-OH is 1. The number of aromatic nitrogens is 1. The van der Waals surface area contributed by atoms with Gasteiger partial charge in [0.05, 0.1) is 12.7 Å². The van der Waals surface area contributed by atoms with Crippen LogP contribution in [0.5, 0.6) is 0 Å². The number of hydrogen-bond acceptors (Lipinski definition) is 5. The van der Waals surface area contributed by atoms with E-state index in [0.717, 1.165) is 50.4 Å². The molecule has 134 valence electrons. The molecule has 0 unspecified atom stereocenters. The Kier molecular flexibility index (Phi) is 4.97. The predicted molar refractivity (Wildman–Crippen MR) is 90.4 cm³/mol. The minimum absolute atomic E-state index is 0.0305. The lowest BCUT2D eigenvalue weighted by Gasteiger charge is -2.33. The highest BCUT2D eigenvalue weighted by molar-refractivity contribution is 5.81. The SMILES string of the molecule is CC(C)(C)c1cnc(CN2CCC([C@@H](O)C(=O)NC3CC3)CC2)o1. The van der Waals surface area contributed by atoms with Gasteiger partial charge in [-0.05, 0) is 44.7 Å². The van der Waals surface area contributed by atoms with Gasteiger partial charge in [0, 0.05) is 11.5 Å². The van der Waals surface area contributed by atoms with Crippen LogP contribution in [-0.4, -0.2) is 46.1 Å². The van der Waals surface area contributed by atoms with Crippen LogP contribution < -0.4 is 5.32 Å². The highest BCUT2D eigenvalue weighted by Gasteiger charge is 2.33. The first-order valence-electron chi connectivity index (χ1n) is 8.99. The van der Waals surface area contributed by atoms with Crippen LogP contribution >= 0.6 is 0 Å². The fourth-order valence-electron chi connectivity index (χ4n) is 3.08. The Hall–Kier alpha value is -1.40. The average Bonchev–Trinajstić information content (AvgIpc) is 3.21. The molecule has 1 saturated heterocycles. The van der Waals surface area contributed by atoms with Crippen molar-refractivity contribution in [2.45, 2.75) is 70.6 Å². The summed E-state index contributed by atoms with van der Waals surface area (Å²) in [6, 6.07) is 0.300. The van der Waals surface area contributed by atoms with Crippen molar-refractivity contribution in [3.05, 3.63) is 17.8 Å². The molecular weight excluding hydrogens is 306 g/mol. The summed E-state index contributed by atoms with van der Waals surface area (Å²) in [5, 5.41) is 13.1. The number of piperidine rings is 1. The molecule has 1 aromatic rings. The molecule has 6 heteroatoms. The molecule has 0 radical (unpaired) electrons. The molecule has 0 aromatic carbocycles. The molecule has 2 N–H and O–H groups in total. The number of carbonyl (C=O) groups excluding carboxylic acids is 1.